The highest BCUT2D eigenvalue weighted by atomic mass is 14.7. The Hall–Kier alpha value is -1.70. The van der Waals surface area contributed by atoms with Crippen molar-refractivity contribution in [2.24, 2.45) is 0 Å². The lowest BCUT2D eigenvalue weighted by Crippen LogP contribution is -2.03. The molecule has 0 N–H and O–H groups in total. The maximum Gasteiger partial charge on any atom is 0.0451 e. The average Bonchev–Trinajstić information content (AvgIpc) is 2.17. The lowest BCUT2D eigenvalue weighted by atomic mass is 10.0. The second-order valence-electron chi connectivity index (χ2n) is 3.68. The van der Waals surface area contributed by atoms with Gasteiger partial charge in [0, 0.05) is 36.6 Å². The summed E-state index contributed by atoms with van der Waals surface area (Å²) in [5.41, 5.74) is 4.79. The zero-order valence-electron chi connectivity index (χ0n) is 7.77. The van der Waals surface area contributed by atoms with Crippen LogP contribution in [0.2, 0.25) is 0 Å². The second-order valence-corrected chi connectivity index (χ2v) is 3.68. The fourth-order valence-electron chi connectivity index (χ4n) is 1.88. The Balaban J connectivity index is 2.17. The third kappa shape index (κ3) is 1.29. The maximum atomic E-state index is 4.57. The highest BCUT2D eigenvalue weighted by Crippen LogP contribution is 2.15. The predicted octanol–water partition coefficient (Wildman–Crippen LogP) is 1.97. The van der Waals surface area contributed by atoms with Crippen LogP contribution in [0.1, 0.15) is 22.5 Å². The van der Waals surface area contributed by atoms with Gasteiger partial charge in [0.1, 0.15) is 0 Å². The maximum absolute atomic E-state index is 4.57. The van der Waals surface area contributed by atoms with Gasteiger partial charge in [0.25, 0.3) is 0 Å². The van der Waals surface area contributed by atoms with Gasteiger partial charge in [0.05, 0.1) is 0 Å². The Kier molecular flexibility index (Phi) is 1.60. The van der Waals surface area contributed by atoms with Crippen molar-refractivity contribution in [2.75, 3.05) is 0 Å². The Morgan fingerprint density at radius 1 is 0.929 bits per heavy atom. The second kappa shape index (κ2) is 2.91. The highest BCUT2D eigenvalue weighted by molar-refractivity contribution is 5.29. The SMILES string of the molecule is c1cc2nc(c1)Cc1cncc(c1)C2. The van der Waals surface area contributed by atoms with Crippen LogP contribution in [0.3, 0.4) is 0 Å². The van der Waals surface area contributed by atoms with Crippen molar-refractivity contribution in [3.05, 3.63) is 59.2 Å². The molecule has 0 radical (unpaired) electrons. The molecular weight excluding hydrogens is 172 g/mol. The van der Waals surface area contributed by atoms with Gasteiger partial charge in [-0.15, -0.1) is 0 Å². The molecule has 14 heavy (non-hydrogen) atoms. The molecule has 0 aromatic carbocycles. The van der Waals surface area contributed by atoms with E-state index >= 15 is 0 Å². The number of nitrogens with zero attached hydrogens (tertiary/aromatic N) is 2. The molecule has 3 rings (SSSR count). The van der Waals surface area contributed by atoms with Crippen LogP contribution in [0.25, 0.3) is 0 Å². The van der Waals surface area contributed by atoms with Crippen LogP contribution in [0.15, 0.2) is 36.7 Å². The third-order valence-corrected chi connectivity index (χ3v) is 2.49. The van der Waals surface area contributed by atoms with Gasteiger partial charge >= 0.3 is 0 Å². The first-order valence-electron chi connectivity index (χ1n) is 4.78. The monoisotopic (exact) mass is 182 g/mol. The Morgan fingerprint density at radius 2 is 1.57 bits per heavy atom. The van der Waals surface area contributed by atoms with Crippen LogP contribution in [0.4, 0.5) is 0 Å². The number of rotatable bonds is 0. The van der Waals surface area contributed by atoms with Crippen molar-refractivity contribution in [1.29, 1.82) is 0 Å². The van der Waals surface area contributed by atoms with E-state index in [1.54, 1.807) is 0 Å². The van der Waals surface area contributed by atoms with Crippen molar-refractivity contribution in [1.82, 2.24) is 9.97 Å². The summed E-state index contributed by atoms with van der Waals surface area (Å²) in [6, 6.07) is 8.44. The van der Waals surface area contributed by atoms with Crippen LogP contribution in [-0.4, -0.2) is 9.97 Å². The lowest BCUT2D eigenvalue weighted by molar-refractivity contribution is 0.949. The predicted molar refractivity (Wildman–Crippen MR) is 54.1 cm³/mol. The molecule has 1 aliphatic rings. The van der Waals surface area contributed by atoms with Crippen molar-refractivity contribution in [2.45, 2.75) is 12.8 Å². The molecule has 0 unspecified atom stereocenters. The molecule has 0 saturated carbocycles. The highest BCUT2D eigenvalue weighted by Gasteiger charge is 2.06. The van der Waals surface area contributed by atoms with E-state index in [-0.39, 0.29) is 0 Å². The Bertz CT molecular complexity index is 397. The quantitative estimate of drug-likeness (QED) is 0.531. The van der Waals surface area contributed by atoms with E-state index in [2.05, 4.69) is 34.2 Å². The first kappa shape index (κ1) is 7.68. The summed E-state index contributed by atoms with van der Waals surface area (Å²) >= 11 is 0. The lowest BCUT2D eigenvalue weighted by Gasteiger charge is -2.10. The van der Waals surface area contributed by atoms with Gasteiger partial charge in [-0.25, -0.2) is 0 Å². The molecule has 0 spiro atoms. The molecule has 0 fully saturated rings. The summed E-state index contributed by atoms with van der Waals surface area (Å²) < 4.78 is 0. The van der Waals surface area contributed by atoms with E-state index in [0.717, 1.165) is 24.2 Å². The average molecular weight is 182 g/mol. The Morgan fingerprint density at radius 3 is 2.21 bits per heavy atom. The minimum Gasteiger partial charge on any atom is -0.264 e. The molecule has 0 aliphatic carbocycles. The molecule has 3 heterocycles. The van der Waals surface area contributed by atoms with Gasteiger partial charge in [0.2, 0.25) is 0 Å². The summed E-state index contributed by atoms with van der Waals surface area (Å²) in [5, 5.41) is 0. The minimum atomic E-state index is 0.898. The topological polar surface area (TPSA) is 25.8 Å². The molecule has 2 aromatic rings. The normalized spacial score (nSPS) is 13.1. The molecule has 1 aliphatic heterocycles. The molecule has 2 nitrogen and oxygen atoms in total. The molecule has 0 atom stereocenters. The van der Waals surface area contributed by atoms with Gasteiger partial charge in [-0.3, -0.25) is 9.97 Å². The zero-order chi connectivity index (χ0) is 9.38. The van der Waals surface area contributed by atoms with Gasteiger partial charge < -0.3 is 0 Å². The van der Waals surface area contributed by atoms with Crippen molar-refractivity contribution in [3.63, 3.8) is 0 Å². The van der Waals surface area contributed by atoms with E-state index in [9.17, 15) is 0 Å². The van der Waals surface area contributed by atoms with E-state index in [1.165, 1.54) is 11.1 Å². The first-order valence-corrected chi connectivity index (χ1v) is 4.78. The molecule has 4 bridgehead atoms. The summed E-state index contributed by atoms with van der Waals surface area (Å²) in [7, 11) is 0. The van der Waals surface area contributed by atoms with Crippen molar-refractivity contribution in [3.8, 4) is 0 Å². The largest absolute Gasteiger partial charge is 0.264 e. The third-order valence-electron chi connectivity index (χ3n) is 2.49. The van der Waals surface area contributed by atoms with Gasteiger partial charge in [-0.2, -0.15) is 0 Å². The summed E-state index contributed by atoms with van der Waals surface area (Å²) in [6.07, 6.45) is 5.63. The van der Waals surface area contributed by atoms with E-state index in [1.807, 2.05) is 12.4 Å². The number of hydrogen-bond acceptors (Lipinski definition) is 2. The molecule has 0 saturated heterocycles. The summed E-state index contributed by atoms with van der Waals surface area (Å²) in [5.74, 6) is 0. The van der Waals surface area contributed by atoms with Crippen LogP contribution in [-0.2, 0) is 12.8 Å². The summed E-state index contributed by atoms with van der Waals surface area (Å²) in [6.45, 7) is 0. The van der Waals surface area contributed by atoms with E-state index in [0.29, 0.717) is 0 Å². The van der Waals surface area contributed by atoms with Crippen molar-refractivity contribution < 1.29 is 0 Å². The van der Waals surface area contributed by atoms with Gasteiger partial charge in [-0.05, 0) is 23.3 Å². The first-order chi connectivity index (χ1) is 6.90. The number of fused-ring (bicyclic) bond motifs is 4. The van der Waals surface area contributed by atoms with Crippen molar-refractivity contribution >= 4 is 0 Å². The number of hydrogen-bond donors (Lipinski definition) is 0. The Labute approximate surface area is 82.7 Å². The van der Waals surface area contributed by atoms with Crippen LogP contribution in [0.5, 0.6) is 0 Å². The van der Waals surface area contributed by atoms with Crippen LogP contribution >= 0.6 is 0 Å². The minimum absolute atomic E-state index is 0.898. The standard InChI is InChI=1S/C12H10N2/c1-2-11-5-9-4-10(8-13-7-9)6-12(3-1)14-11/h1-4,7-8H,5-6H2. The number of aromatic nitrogens is 2. The molecule has 2 heteroatoms. The number of pyridine rings is 2. The van der Waals surface area contributed by atoms with E-state index in [4.69, 9.17) is 0 Å². The molecular formula is C12H10N2. The van der Waals surface area contributed by atoms with Crippen LogP contribution in [0, 0.1) is 0 Å². The fourth-order valence-corrected chi connectivity index (χ4v) is 1.88. The smallest absolute Gasteiger partial charge is 0.0451 e. The summed E-state index contributed by atoms with van der Waals surface area (Å²) in [4.78, 5) is 8.80. The van der Waals surface area contributed by atoms with E-state index < -0.39 is 0 Å². The van der Waals surface area contributed by atoms with Gasteiger partial charge in [-0.1, -0.05) is 12.1 Å². The zero-order valence-corrected chi connectivity index (χ0v) is 7.77. The molecule has 0 amide bonds. The fraction of sp³-hybridized carbons (Fsp3) is 0.167. The van der Waals surface area contributed by atoms with Gasteiger partial charge in [0.15, 0.2) is 0 Å². The van der Waals surface area contributed by atoms with Crippen LogP contribution < -0.4 is 0 Å². The molecule has 68 valence electrons. The molecule has 2 aromatic heterocycles.